The normalized spacial score (nSPS) is 14.6. The third-order valence-corrected chi connectivity index (χ3v) is 4.40. The molecule has 0 unspecified atom stereocenters. The zero-order chi connectivity index (χ0) is 16.3. The van der Waals surface area contributed by atoms with Crippen molar-refractivity contribution in [3.05, 3.63) is 54.5 Å². The first-order chi connectivity index (χ1) is 11.7. The predicted molar refractivity (Wildman–Crippen MR) is 86.5 cm³/mol. The van der Waals surface area contributed by atoms with Gasteiger partial charge in [0, 0.05) is 42.2 Å². The third kappa shape index (κ3) is 1.92. The van der Waals surface area contributed by atoms with Crippen molar-refractivity contribution in [3.63, 3.8) is 0 Å². The van der Waals surface area contributed by atoms with Crippen LogP contribution >= 0.6 is 0 Å². The fourth-order valence-electron chi connectivity index (χ4n) is 3.15. The molecule has 1 fully saturated rings. The van der Waals surface area contributed by atoms with E-state index in [1.165, 1.54) is 6.07 Å². The van der Waals surface area contributed by atoms with Crippen molar-refractivity contribution in [1.82, 2.24) is 19.5 Å². The lowest BCUT2D eigenvalue weighted by Gasteiger charge is -2.09. The standard InChI is InChI=1S/C18H12F2N4/c19-13-6-15-16(7-14(13)20)24(11-3-4-11)18(23-15)12-9-21-8-10-2-1-5-22-17(10)12/h1-2,5-9,11H,3-4H2. The number of hydrogen-bond donors (Lipinski definition) is 0. The number of rotatable bonds is 2. The molecular weight excluding hydrogens is 310 g/mol. The van der Waals surface area contributed by atoms with Crippen LogP contribution in [0.3, 0.4) is 0 Å². The molecule has 4 nitrogen and oxygen atoms in total. The van der Waals surface area contributed by atoms with Crippen molar-refractivity contribution >= 4 is 21.9 Å². The highest BCUT2D eigenvalue weighted by Gasteiger charge is 2.30. The minimum absolute atomic E-state index is 0.258. The van der Waals surface area contributed by atoms with E-state index in [1.54, 1.807) is 18.6 Å². The summed E-state index contributed by atoms with van der Waals surface area (Å²) < 4.78 is 29.3. The molecule has 1 saturated carbocycles. The molecule has 5 rings (SSSR count). The lowest BCUT2D eigenvalue weighted by Crippen LogP contribution is -1.99. The molecule has 0 atom stereocenters. The van der Waals surface area contributed by atoms with E-state index < -0.39 is 11.6 Å². The van der Waals surface area contributed by atoms with Gasteiger partial charge in [-0.3, -0.25) is 9.97 Å². The molecule has 118 valence electrons. The number of benzene rings is 1. The topological polar surface area (TPSA) is 43.6 Å². The van der Waals surface area contributed by atoms with Crippen LogP contribution in [0.15, 0.2) is 42.9 Å². The van der Waals surface area contributed by atoms with Gasteiger partial charge in [0.15, 0.2) is 11.6 Å². The van der Waals surface area contributed by atoms with Gasteiger partial charge in [0.05, 0.1) is 22.1 Å². The molecule has 1 aliphatic carbocycles. The number of halogens is 2. The van der Waals surface area contributed by atoms with Crippen LogP contribution in [0.1, 0.15) is 18.9 Å². The Labute approximate surface area is 135 Å². The fraction of sp³-hybridized carbons (Fsp3) is 0.167. The molecule has 3 aromatic heterocycles. The predicted octanol–water partition coefficient (Wildman–Crippen LogP) is 4.26. The summed E-state index contributed by atoms with van der Waals surface area (Å²) in [5, 5.41) is 0.904. The summed E-state index contributed by atoms with van der Waals surface area (Å²) in [7, 11) is 0. The summed E-state index contributed by atoms with van der Waals surface area (Å²) in [6.45, 7) is 0. The summed E-state index contributed by atoms with van der Waals surface area (Å²) in [6, 6.07) is 6.42. The van der Waals surface area contributed by atoms with E-state index in [4.69, 9.17) is 0 Å². The number of nitrogens with zero attached hydrogens (tertiary/aromatic N) is 4. The van der Waals surface area contributed by atoms with E-state index >= 15 is 0 Å². The first-order valence-electron chi connectivity index (χ1n) is 7.78. The van der Waals surface area contributed by atoms with Gasteiger partial charge in [-0.25, -0.2) is 13.8 Å². The van der Waals surface area contributed by atoms with Gasteiger partial charge in [-0.15, -0.1) is 0 Å². The summed E-state index contributed by atoms with van der Waals surface area (Å²) >= 11 is 0. The van der Waals surface area contributed by atoms with Gasteiger partial charge in [0.25, 0.3) is 0 Å². The fourth-order valence-corrected chi connectivity index (χ4v) is 3.15. The Bertz CT molecular complexity index is 1090. The largest absolute Gasteiger partial charge is 0.321 e. The molecule has 6 heteroatoms. The van der Waals surface area contributed by atoms with Gasteiger partial charge in [-0.1, -0.05) is 0 Å². The Kier molecular flexibility index (Phi) is 2.71. The number of aromatic nitrogens is 4. The first-order valence-corrected chi connectivity index (χ1v) is 7.78. The number of pyridine rings is 2. The van der Waals surface area contributed by atoms with Crippen molar-refractivity contribution < 1.29 is 8.78 Å². The average Bonchev–Trinajstić information content (AvgIpc) is 3.37. The molecule has 4 aromatic rings. The molecule has 0 amide bonds. The molecular formula is C18H12F2N4. The summed E-state index contributed by atoms with van der Waals surface area (Å²) in [5.41, 5.74) is 2.62. The maximum absolute atomic E-state index is 13.7. The molecule has 0 radical (unpaired) electrons. The Hall–Kier alpha value is -2.89. The van der Waals surface area contributed by atoms with Crippen LogP contribution in [0, 0.1) is 11.6 Å². The molecule has 0 spiro atoms. The molecule has 1 aliphatic rings. The summed E-state index contributed by atoms with van der Waals surface area (Å²) in [6.07, 6.45) is 7.18. The van der Waals surface area contributed by atoms with Crippen molar-refractivity contribution in [1.29, 1.82) is 0 Å². The first kappa shape index (κ1) is 13.5. The van der Waals surface area contributed by atoms with Crippen LogP contribution in [-0.2, 0) is 0 Å². The van der Waals surface area contributed by atoms with Crippen LogP contribution in [-0.4, -0.2) is 19.5 Å². The smallest absolute Gasteiger partial charge is 0.161 e. The van der Waals surface area contributed by atoms with E-state index in [9.17, 15) is 8.78 Å². The lowest BCUT2D eigenvalue weighted by atomic mass is 10.1. The van der Waals surface area contributed by atoms with Crippen LogP contribution in [0.2, 0.25) is 0 Å². The zero-order valence-corrected chi connectivity index (χ0v) is 12.6. The highest BCUT2D eigenvalue weighted by atomic mass is 19.2. The van der Waals surface area contributed by atoms with E-state index in [2.05, 4.69) is 15.0 Å². The van der Waals surface area contributed by atoms with Gasteiger partial charge in [-0.05, 0) is 25.0 Å². The second-order valence-electron chi connectivity index (χ2n) is 6.05. The zero-order valence-electron chi connectivity index (χ0n) is 12.6. The third-order valence-electron chi connectivity index (χ3n) is 4.40. The maximum atomic E-state index is 13.7. The molecule has 0 saturated heterocycles. The number of imidazole rings is 1. The van der Waals surface area contributed by atoms with Crippen LogP contribution in [0.4, 0.5) is 8.78 Å². The quantitative estimate of drug-likeness (QED) is 0.554. The number of hydrogen-bond acceptors (Lipinski definition) is 3. The van der Waals surface area contributed by atoms with Crippen molar-refractivity contribution in [2.24, 2.45) is 0 Å². The van der Waals surface area contributed by atoms with Crippen molar-refractivity contribution in [2.75, 3.05) is 0 Å². The second-order valence-corrected chi connectivity index (χ2v) is 6.05. The SMILES string of the molecule is Fc1cc2nc(-c3cncc4cccnc34)n(C3CC3)c2cc1F. The highest BCUT2D eigenvalue weighted by molar-refractivity contribution is 5.93. The Morgan fingerprint density at radius 1 is 1.08 bits per heavy atom. The van der Waals surface area contributed by atoms with Gasteiger partial charge < -0.3 is 4.57 Å². The van der Waals surface area contributed by atoms with Gasteiger partial charge in [0.1, 0.15) is 5.82 Å². The van der Waals surface area contributed by atoms with Crippen molar-refractivity contribution in [3.8, 4) is 11.4 Å². The summed E-state index contributed by atoms with van der Waals surface area (Å²) in [4.78, 5) is 13.3. The molecule has 24 heavy (non-hydrogen) atoms. The minimum atomic E-state index is -0.885. The van der Waals surface area contributed by atoms with E-state index in [0.29, 0.717) is 16.9 Å². The van der Waals surface area contributed by atoms with E-state index in [0.717, 1.165) is 35.4 Å². The minimum Gasteiger partial charge on any atom is -0.321 e. The van der Waals surface area contributed by atoms with Crippen LogP contribution < -0.4 is 0 Å². The second kappa shape index (κ2) is 4.80. The van der Waals surface area contributed by atoms with E-state index in [1.807, 2.05) is 16.7 Å². The van der Waals surface area contributed by atoms with Gasteiger partial charge in [-0.2, -0.15) is 0 Å². The Morgan fingerprint density at radius 2 is 1.92 bits per heavy atom. The average molecular weight is 322 g/mol. The van der Waals surface area contributed by atoms with E-state index in [-0.39, 0.29) is 6.04 Å². The Balaban J connectivity index is 1.87. The number of fused-ring (bicyclic) bond motifs is 2. The lowest BCUT2D eigenvalue weighted by molar-refractivity contribution is 0.510. The van der Waals surface area contributed by atoms with Crippen LogP contribution in [0.5, 0.6) is 0 Å². The Morgan fingerprint density at radius 3 is 2.75 bits per heavy atom. The van der Waals surface area contributed by atoms with Gasteiger partial charge >= 0.3 is 0 Å². The molecule has 0 bridgehead atoms. The molecule has 1 aromatic carbocycles. The maximum Gasteiger partial charge on any atom is 0.161 e. The monoisotopic (exact) mass is 322 g/mol. The highest BCUT2D eigenvalue weighted by Crippen LogP contribution is 2.42. The molecule has 3 heterocycles. The summed E-state index contributed by atoms with van der Waals surface area (Å²) in [5.74, 6) is -1.08. The van der Waals surface area contributed by atoms with Crippen molar-refractivity contribution in [2.45, 2.75) is 18.9 Å². The molecule has 0 aliphatic heterocycles. The van der Waals surface area contributed by atoms with Gasteiger partial charge in [0.2, 0.25) is 0 Å². The molecule has 0 N–H and O–H groups in total. The van der Waals surface area contributed by atoms with Crippen LogP contribution in [0.25, 0.3) is 33.3 Å².